The zero-order chi connectivity index (χ0) is 22.0. The average molecular weight is 418 g/mol. The molecule has 2 aromatic heterocycles. The van der Waals surface area contributed by atoms with Crippen molar-refractivity contribution in [1.82, 2.24) is 19.4 Å². The topological polar surface area (TPSA) is 78.2 Å². The predicted molar refractivity (Wildman–Crippen MR) is 121 cm³/mol. The molecule has 0 fully saturated rings. The molecule has 31 heavy (non-hydrogen) atoms. The van der Waals surface area contributed by atoms with Crippen LogP contribution in [0.4, 0.5) is 0 Å². The van der Waals surface area contributed by atoms with Gasteiger partial charge in [-0.2, -0.15) is 0 Å². The summed E-state index contributed by atoms with van der Waals surface area (Å²) in [5, 5.41) is 4.15. The van der Waals surface area contributed by atoms with Gasteiger partial charge in [-0.15, -0.1) is 0 Å². The van der Waals surface area contributed by atoms with E-state index in [-0.39, 0.29) is 24.1 Å². The van der Waals surface area contributed by atoms with Gasteiger partial charge in [0.15, 0.2) is 0 Å². The van der Waals surface area contributed by atoms with Crippen LogP contribution in [-0.4, -0.2) is 33.7 Å². The Labute approximate surface area is 180 Å². The van der Waals surface area contributed by atoms with Gasteiger partial charge in [0.1, 0.15) is 5.82 Å². The van der Waals surface area contributed by atoms with E-state index in [0.717, 1.165) is 16.9 Å². The lowest BCUT2D eigenvalue weighted by atomic mass is 10.1. The van der Waals surface area contributed by atoms with Gasteiger partial charge in [-0.25, -0.2) is 4.98 Å². The lowest BCUT2D eigenvalue weighted by molar-refractivity contribution is 0.0950. The molecule has 0 aliphatic rings. The van der Waals surface area contributed by atoms with Crippen LogP contribution in [0, 0.1) is 0 Å². The molecule has 2 aromatic carbocycles. The molecule has 4 rings (SSSR count). The number of nitrogens with zero attached hydrogens (tertiary/aromatic N) is 3. The van der Waals surface area contributed by atoms with E-state index in [4.69, 9.17) is 9.72 Å². The molecule has 0 aliphatic carbocycles. The van der Waals surface area contributed by atoms with Gasteiger partial charge in [0.05, 0.1) is 29.7 Å². The lowest BCUT2D eigenvalue weighted by Crippen LogP contribution is -2.29. The molecule has 0 atom stereocenters. The van der Waals surface area contributed by atoms with Crippen molar-refractivity contribution in [3.8, 4) is 0 Å². The Hall–Kier alpha value is -3.45. The fourth-order valence-corrected chi connectivity index (χ4v) is 3.93. The summed E-state index contributed by atoms with van der Waals surface area (Å²) in [5.74, 6) is 0.547. The Morgan fingerprint density at radius 2 is 1.81 bits per heavy atom. The highest BCUT2D eigenvalue weighted by Gasteiger charge is 2.17. The Morgan fingerprint density at radius 1 is 1.10 bits per heavy atom. The van der Waals surface area contributed by atoms with Crippen molar-refractivity contribution < 1.29 is 9.53 Å². The Bertz CT molecular complexity index is 1300. The van der Waals surface area contributed by atoms with Crippen LogP contribution in [0.5, 0.6) is 0 Å². The van der Waals surface area contributed by atoms with Crippen LogP contribution in [0.1, 0.15) is 36.1 Å². The number of hydrogen-bond acceptors (Lipinski definition) is 4. The fourth-order valence-electron chi connectivity index (χ4n) is 3.93. The molecule has 0 aliphatic heterocycles. The number of rotatable bonds is 7. The molecule has 160 valence electrons. The molecule has 0 saturated carbocycles. The quantitative estimate of drug-likeness (QED) is 0.498. The van der Waals surface area contributed by atoms with E-state index in [1.807, 2.05) is 30.3 Å². The molecular formula is C24H26N4O3. The number of carbonyl (C=O) groups excluding carboxylic acids is 1. The first-order chi connectivity index (χ1) is 15.0. The van der Waals surface area contributed by atoms with E-state index >= 15 is 0 Å². The van der Waals surface area contributed by atoms with Crippen LogP contribution >= 0.6 is 0 Å². The molecule has 4 aromatic rings. The molecule has 0 saturated heterocycles. The number of pyridine rings is 1. The number of nitrogens with one attached hydrogen (secondary N) is 1. The number of hydrogen-bond donors (Lipinski definition) is 1. The summed E-state index contributed by atoms with van der Waals surface area (Å²) in [5.41, 5.74) is 2.27. The van der Waals surface area contributed by atoms with Crippen LogP contribution in [0.3, 0.4) is 0 Å². The highest BCUT2D eigenvalue weighted by Crippen LogP contribution is 2.21. The maximum atomic E-state index is 13.2. The zero-order valence-electron chi connectivity index (χ0n) is 18.0. The number of para-hydroxylation sites is 2. The third-order valence-electron chi connectivity index (χ3n) is 5.37. The van der Waals surface area contributed by atoms with E-state index in [0.29, 0.717) is 29.5 Å². The minimum absolute atomic E-state index is 0.134. The molecule has 7 heteroatoms. The van der Waals surface area contributed by atoms with Gasteiger partial charge >= 0.3 is 0 Å². The molecule has 0 radical (unpaired) electrons. The molecule has 1 N–H and O–H groups in total. The van der Waals surface area contributed by atoms with Gasteiger partial charge in [0.25, 0.3) is 11.5 Å². The van der Waals surface area contributed by atoms with E-state index in [9.17, 15) is 9.59 Å². The Morgan fingerprint density at radius 3 is 2.55 bits per heavy atom. The molecule has 2 heterocycles. The van der Waals surface area contributed by atoms with Crippen molar-refractivity contribution in [2.45, 2.75) is 33.0 Å². The molecule has 7 nitrogen and oxygen atoms in total. The Balaban J connectivity index is 1.68. The van der Waals surface area contributed by atoms with Gasteiger partial charge in [-0.3, -0.25) is 9.59 Å². The number of methoxy groups -OCH3 is 1. The minimum atomic E-state index is -0.246. The molecule has 0 unspecified atom stereocenters. The summed E-state index contributed by atoms with van der Waals surface area (Å²) in [7, 11) is 1.58. The van der Waals surface area contributed by atoms with Gasteiger partial charge in [-0.05, 0) is 32.0 Å². The van der Waals surface area contributed by atoms with Crippen molar-refractivity contribution in [1.29, 1.82) is 0 Å². The van der Waals surface area contributed by atoms with Crippen molar-refractivity contribution in [3.05, 3.63) is 76.5 Å². The average Bonchev–Trinajstić information content (AvgIpc) is 3.16. The SMILES string of the molecule is COCCn1cc(C(=O)NCc2nc3ccccc3n2C(C)C)c2ccccc2c1=O. The number of carbonyl (C=O) groups is 1. The second-order valence-electron chi connectivity index (χ2n) is 7.74. The van der Waals surface area contributed by atoms with Crippen molar-refractivity contribution in [2.75, 3.05) is 13.7 Å². The van der Waals surface area contributed by atoms with Crippen molar-refractivity contribution >= 4 is 27.7 Å². The van der Waals surface area contributed by atoms with E-state index in [2.05, 4.69) is 23.7 Å². The molecular weight excluding hydrogens is 392 g/mol. The first kappa shape index (κ1) is 20.8. The number of imidazole rings is 1. The number of ether oxygens (including phenoxy) is 1. The first-order valence-electron chi connectivity index (χ1n) is 10.4. The second-order valence-corrected chi connectivity index (χ2v) is 7.74. The highest BCUT2D eigenvalue weighted by atomic mass is 16.5. The molecule has 0 bridgehead atoms. The zero-order valence-corrected chi connectivity index (χ0v) is 18.0. The first-order valence-corrected chi connectivity index (χ1v) is 10.4. The third kappa shape index (κ3) is 3.96. The number of benzene rings is 2. The van der Waals surface area contributed by atoms with Gasteiger partial charge < -0.3 is 19.2 Å². The fraction of sp³-hybridized carbons (Fsp3) is 0.292. The largest absolute Gasteiger partial charge is 0.383 e. The number of amides is 1. The van der Waals surface area contributed by atoms with E-state index in [1.54, 1.807) is 31.5 Å². The number of aromatic nitrogens is 3. The van der Waals surface area contributed by atoms with Crippen molar-refractivity contribution in [3.63, 3.8) is 0 Å². The molecule has 1 amide bonds. The smallest absolute Gasteiger partial charge is 0.258 e. The Kier molecular flexibility index (Phi) is 5.86. The van der Waals surface area contributed by atoms with Gasteiger partial charge in [0, 0.05) is 36.7 Å². The third-order valence-corrected chi connectivity index (χ3v) is 5.37. The summed E-state index contributed by atoms with van der Waals surface area (Å²) >= 11 is 0. The van der Waals surface area contributed by atoms with Gasteiger partial charge in [0.2, 0.25) is 0 Å². The standard InChI is InChI=1S/C24H26N4O3/c1-16(2)28-21-11-7-6-10-20(21)26-22(28)14-25-23(29)19-15-27(12-13-31-3)24(30)18-9-5-4-8-17(18)19/h4-11,15-16H,12-14H2,1-3H3,(H,25,29). The van der Waals surface area contributed by atoms with Crippen LogP contribution in [0.25, 0.3) is 21.8 Å². The summed E-state index contributed by atoms with van der Waals surface area (Å²) in [4.78, 5) is 30.7. The van der Waals surface area contributed by atoms with Crippen LogP contribution in [-0.2, 0) is 17.8 Å². The maximum Gasteiger partial charge on any atom is 0.258 e. The van der Waals surface area contributed by atoms with Crippen LogP contribution in [0.15, 0.2) is 59.5 Å². The van der Waals surface area contributed by atoms with Gasteiger partial charge in [-0.1, -0.05) is 30.3 Å². The number of fused-ring (bicyclic) bond motifs is 2. The second kappa shape index (κ2) is 8.73. The minimum Gasteiger partial charge on any atom is -0.383 e. The van der Waals surface area contributed by atoms with E-state index in [1.165, 1.54) is 4.57 Å². The summed E-state index contributed by atoms with van der Waals surface area (Å²) in [6.45, 7) is 5.25. The normalized spacial score (nSPS) is 11.5. The highest BCUT2D eigenvalue weighted by molar-refractivity contribution is 6.06. The van der Waals surface area contributed by atoms with Crippen LogP contribution < -0.4 is 10.9 Å². The molecule has 0 spiro atoms. The monoisotopic (exact) mass is 418 g/mol. The lowest BCUT2D eigenvalue weighted by Gasteiger charge is -2.15. The summed E-state index contributed by atoms with van der Waals surface area (Å²) in [6, 6.07) is 15.3. The predicted octanol–water partition coefficient (Wildman–Crippen LogP) is 3.51. The summed E-state index contributed by atoms with van der Waals surface area (Å²) in [6.07, 6.45) is 1.62. The maximum absolute atomic E-state index is 13.2. The van der Waals surface area contributed by atoms with E-state index < -0.39 is 0 Å². The van der Waals surface area contributed by atoms with Crippen LogP contribution in [0.2, 0.25) is 0 Å². The summed E-state index contributed by atoms with van der Waals surface area (Å²) < 4.78 is 8.78. The van der Waals surface area contributed by atoms with Crippen molar-refractivity contribution in [2.24, 2.45) is 0 Å².